The summed E-state index contributed by atoms with van der Waals surface area (Å²) in [4.78, 5) is 10.6. The normalized spacial score (nSPS) is 9.69. The van der Waals surface area contributed by atoms with Crippen LogP contribution >= 0.6 is 11.8 Å². The standard InChI is InChI=1S/C12H13NO2S/c13-6-3-7-16-9-11-5-2-1-4-10(11)8-12(14)15/h1-2,4-5H,3,7-9H2,(H,14,15). The lowest BCUT2D eigenvalue weighted by atomic mass is 10.1. The highest BCUT2D eigenvalue weighted by molar-refractivity contribution is 7.98. The highest BCUT2D eigenvalue weighted by Crippen LogP contribution is 2.17. The molecule has 84 valence electrons. The molecule has 0 aliphatic heterocycles. The summed E-state index contributed by atoms with van der Waals surface area (Å²) in [5.41, 5.74) is 1.91. The molecule has 0 aliphatic carbocycles. The molecule has 0 radical (unpaired) electrons. The van der Waals surface area contributed by atoms with Gasteiger partial charge in [-0.05, 0) is 11.1 Å². The number of aliphatic carboxylic acids is 1. The molecule has 0 saturated heterocycles. The van der Waals surface area contributed by atoms with Gasteiger partial charge in [-0.25, -0.2) is 0 Å². The van der Waals surface area contributed by atoms with Crippen molar-refractivity contribution in [3.05, 3.63) is 35.4 Å². The molecule has 1 aromatic rings. The summed E-state index contributed by atoms with van der Waals surface area (Å²) < 4.78 is 0. The van der Waals surface area contributed by atoms with Gasteiger partial charge >= 0.3 is 5.97 Å². The molecule has 16 heavy (non-hydrogen) atoms. The molecule has 1 rings (SSSR count). The molecule has 0 saturated carbocycles. The van der Waals surface area contributed by atoms with E-state index in [-0.39, 0.29) is 6.42 Å². The summed E-state index contributed by atoms with van der Waals surface area (Å²) >= 11 is 1.66. The van der Waals surface area contributed by atoms with Crippen molar-refractivity contribution < 1.29 is 9.90 Å². The molecule has 1 aromatic carbocycles. The molecule has 0 aliphatic rings. The van der Waals surface area contributed by atoms with Crippen LogP contribution in [-0.4, -0.2) is 16.8 Å². The predicted molar refractivity (Wildman–Crippen MR) is 64.2 cm³/mol. The van der Waals surface area contributed by atoms with Crippen LogP contribution < -0.4 is 0 Å². The van der Waals surface area contributed by atoms with E-state index in [1.165, 1.54) is 0 Å². The number of rotatable bonds is 6. The number of carboxylic acid groups (broad SMARTS) is 1. The maximum atomic E-state index is 10.6. The third-order valence-corrected chi connectivity index (χ3v) is 3.08. The van der Waals surface area contributed by atoms with Gasteiger partial charge in [0, 0.05) is 17.9 Å². The molecule has 0 aromatic heterocycles. The number of thioether (sulfide) groups is 1. The average Bonchev–Trinajstić information content (AvgIpc) is 2.26. The summed E-state index contributed by atoms with van der Waals surface area (Å²) in [5, 5.41) is 17.1. The first-order chi connectivity index (χ1) is 7.74. The number of nitrogens with zero attached hydrogens (tertiary/aromatic N) is 1. The van der Waals surface area contributed by atoms with Crippen molar-refractivity contribution in [1.29, 1.82) is 5.26 Å². The summed E-state index contributed by atoms with van der Waals surface area (Å²) in [6.45, 7) is 0. The number of benzene rings is 1. The maximum Gasteiger partial charge on any atom is 0.307 e. The lowest BCUT2D eigenvalue weighted by Gasteiger charge is -2.06. The Morgan fingerprint density at radius 3 is 2.69 bits per heavy atom. The molecule has 0 amide bonds. The highest BCUT2D eigenvalue weighted by Gasteiger charge is 2.05. The number of hydrogen-bond acceptors (Lipinski definition) is 3. The Morgan fingerprint density at radius 2 is 2.06 bits per heavy atom. The van der Waals surface area contributed by atoms with Gasteiger partial charge in [0.05, 0.1) is 12.5 Å². The van der Waals surface area contributed by atoms with Gasteiger partial charge in [0.25, 0.3) is 0 Å². The fourth-order valence-corrected chi connectivity index (χ4v) is 2.22. The van der Waals surface area contributed by atoms with Gasteiger partial charge in [-0.3, -0.25) is 4.79 Å². The number of hydrogen-bond donors (Lipinski definition) is 1. The zero-order chi connectivity index (χ0) is 11.8. The average molecular weight is 235 g/mol. The minimum absolute atomic E-state index is 0.0645. The molecule has 0 heterocycles. The van der Waals surface area contributed by atoms with Crippen LogP contribution in [0.2, 0.25) is 0 Å². The van der Waals surface area contributed by atoms with Crippen molar-refractivity contribution in [2.24, 2.45) is 0 Å². The highest BCUT2D eigenvalue weighted by atomic mass is 32.2. The molecule has 1 N–H and O–H groups in total. The van der Waals surface area contributed by atoms with Gasteiger partial charge in [-0.15, -0.1) is 0 Å². The summed E-state index contributed by atoms with van der Waals surface area (Å²) in [6, 6.07) is 9.63. The van der Waals surface area contributed by atoms with Gasteiger partial charge in [0.1, 0.15) is 0 Å². The third-order valence-electron chi connectivity index (χ3n) is 2.08. The van der Waals surface area contributed by atoms with E-state index >= 15 is 0 Å². The quantitative estimate of drug-likeness (QED) is 0.769. The maximum absolute atomic E-state index is 10.6. The molecule has 0 atom stereocenters. The first-order valence-corrected chi connectivity index (χ1v) is 6.12. The Labute approximate surface area is 99.1 Å². The summed E-state index contributed by atoms with van der Waals surface area (Å²) in [5.74, 6) is 0.748. The largest absolute Gasteiger partial charge is 0.481 e. The van der Waals surface area contributed by atoms with E-state index in [9.17, 15) is 4.79 Å². The number of carboxylic acids is 1. The van der Waals surface area contributed by atoms with Crippen LogP contribution in [0.1, 0.15) is 17.5 Å². The van der Waals surface area contributed by atoms with Crippen molar-refractivity contribution in [2.75, 3.05) is 5.75 Å². The Bertz CT molecular complexity index is 398. The molecule has 0 fully saturated rings. The Hall–Kier alpha value is -1.47. The van der Waals surface area contributed by atoms with Crippen molar-refractivity contribution in [1.82, 2.24) is 0 Å². The van der Waals surface area contributed by atoms with E-state index in [0.717, 1.165) is 22.6 Å². The van der Waals surface area contributed by atoms with E-state index in [2.05, 4.69) is 6.07 Å². The second-order valence-corrected chi connectivity index (χ2v) is 4.41. The minimum Gasteiger partial charge on any atom is -0.481 e. The van der Waals surface area contributed by atoms with E-state index in [4.69, 9.17) is 10.4 Å². The molecule has 0 bridgehead atoms. The van der Waals surface area contributed by atoms with Crippen LogP contribution in [0.3, 0.4) is 0 Å². The molecular formula is C12H13NO2S. The van der Waals surface area contributed by atoms with Gasteiger partial charge in [-0.2, -0.15) is 17.0 Å². The second-order valence-electron chi connectivity index (χ2n) is 3.30. The van der Waals surface area contributed by atoms with Crippen LogP contribution in [0.4, 0.5) is 0 Å². The zero-order valence-corrected chi connectivity index (χ0v) is 9.67. The van der Waals surface area contributed by atoms with Crippen LogP contribution in [0, 0.1) is 11.3 Å². The summed E-state index contributed by atoms with van der Waals surface area (Å²) in [6.07, 6.45) is 0.598. The van der Waals surface area contributed by atoms with Crippen molar-refractivity contribution in [2.45, 2.75) is 18.6 Å². The summed E-state index contributed by atoms with van der Waals surface area (Å²) in [7, 11) is 0. The second kappa shape index (κ2) is 6.91. The SMILES string of the molecule is N#CCCSCc1ccccc1CC(=O)O. The number of nitriles is 1. The monoisotopic (exact) mass is 235 g/mol. The predicted octanol–water partition coefficient (Wildman–Crippen LogP) is 2.46. The van der Waals surface area contributed by atoms with Gasteiger partial charge in [0.15, 0.2) is 0 Å². The smallest absolute Gasteiger partial charge is 0.307 e. The Morgan fingerprint density at radius 1 is 1.38 bits per heavy atom. The first kappa shape index (κ1) is 12.6. The molecule has 0 spiro atoms. The lowest BCUT2D eigenvalue weighted by molar-refractivity contribution is -0.136. The molecule has 3 nitrogen and oxygen atoms in total. The van der Waals surface area contributed by atoms with E-state index < -0.39 is 5.97 Å². The van der Waals surface area contributed by atoms with Crippen LogP contribution in [0.15, 0.2) is 24.3 Å². The van der Waals surface area contributed by atoms with Gasteiger partial charge in [-0.1, -0.05) is 24.3 Å². The Kier molecular flexibility index (Phi) is 5.44. The molecular weight excluding hydrogens is 222 g/mol. The minimum atomic E-state index is -0.811. The van der Waals surface area contributed by atoms with Crippen molar-refractivity contribution >= 4 is 17.7 Å². The van der Waals surface area contributed by atoms with E-state index in [0.29, 0.717) is 6.42 Å². The van der Waals surface area contributed by atoms with E-state index in [1.54, 1.807) is 11.8 Å². The van der Waals surface area contributed by atoms with Gasteiger partial charge in [0.2, 0.25) is 0 Å². The molecule has 0 unspecified atom stereocenters. The van der Waals surface area contributed by atoms with Crippen LogP contribution in [0.5, 0.6) is 0 Å². The van der Waals surface area contributed by atoms with Gasteiger partial charge < -0.3 is 5.11 Å². The fourth-order valence-electron chi connectivity index (χ4n) is 1.33. The Balaban J connectivity index is 2.57. The van der Waals surface area contributed by atoms with Crippen molar-refractivity contribution in [3.63, 3.8) is 0 Å². The van der Waals surface area contributed by atoms with Crippen molar-refractivity contribution in [3.8, 4) is 6.07 Å². The fraction of sp³-hybridized carbons (Fsp3) is 0.333. The lowest BCUT2D eigenvalue weighted by Crippen LogP contribution is -2.03. The van der Waals surface area contributed by atoms with Crippen LogP contribution in [-0.2, 0) is 17.0 Å². The number of carbonyl (C=O) groups is 1. The third kappa shape index (κ3) is 4.37. The zero-order valence-electron chi connectivity index (χ0n) is 8.85. The first-order valence-electron chi connectivity index (χ1n) is 4.97. The van der Waals surface area contributed by atoms with E-state index in [1.807, 2.05) is 24.3 Å². The van der Waals surface area contributed by atoms with Crippen LogP contribution in [0.25, 0.3) is 0 Å². The topological polar surface area (TPSA) is 61.1 Å². The molecule has 4 heteroatoms.